The fourth-order valence-electron chi connectivity index (χ4n) is 4.86. The van der Waals surface area contributed by atoms with Gasteiger partial charge in [0.05, 0.1) is 17.8 Å². The molecular formula is C32H34F2N4O3. The van der Waals surface area contributed by atoms with E-state index in [4.69, 9.17) is 4.99 Å². The van der Waals surface area contributed by atoms with Crippen molar-refractivity contribution in [2.45, 2.75) is 52.2 Å². The fraction of sp³-hybridized carbons (Fsp3) is 0.312. The molecule has 3 aromatic rings. The van der Waals surface area contributed by atoms with Gasteiger partial charge in [0, 0.05) is 23.7 Å². The summed E-state index contributed by atoms with van der Waals surface area (Å²) in [6.07, 6.45) is 0.203. The first kappa shape index (κ1) is 29.6. The predicted molar refractivity (Wildman–Crippen MR) is 155 cm³/mol. The lowest BCUT2D eigenvalue weighted by Gasteiger charge is -2.29. The van der Waals surface area contributed by atoms with Crippen LogP contribution in [0.25, 0.3) is 0 Å². The minimum atomic E-state index is -1.24. The number of aliphatic imine (C=N–C) groups is 1. The molecule has 2 atom stereocenters. The van der Waals surface area contributed by atoms with E-state index >= 15 is 0 Å². The molecule has 0 saturated carbocycles. The lowest BCUT2D eigenvalue weighted by Crippen LogP contribution is -2.53. The summed E-state index contributed by atoms with van der Waals surface area (Å²) in [7, 11) is 0. The van der Waals surface area contributed by atoms with Crippen molar-refractivity contribution in [3.8, 4) is 0 Å². The van der Waals surface area contributed by atoms with Gasteiger partial charge in [-0.25, -0.2) is 13.8 Å². The first-order valence-electron chi connectivity index (χ1n) is 13.8. The first-order chi connectivity index (χ1) is 19.7. The molecule has 1 unspecified atom stereocenters. The Hall–Kier alpha value is -4.40. The van der Waals surface area contributed by atoms with Crippen LogP contribution in [0.4, 0.5) is 14.5 Å². The number of rotatable bonds is 10. The van der Waals surface area contributed by atoms with Gasteiger partial charge in [0.15, 0.2) is 0 Å². The van der Waals surface area contributed by atoms with Crippen LogP contribution in [0.3, 0.4) is 0 Å². The molecular weight excluding hydrogens is 526 g/mol. The van der Waals surface area contributed by atoms with Gasteiger partial charge in [-0.05, 0) is 36.6 Å². The van der Waals surface area contributed by atoms with Gasteiger partial charge in [-0.2, -0.15) is 0 Å². The summed E-state index contributed by atoms with van der Waals surface area (Å²) < 4.78 is 27.0. The van der Waals surface area contributed by atoms with E-state index < -0.39 is 35.7 Å². The molecule has 0 saturated heterocycles. The van der Waals surface area contributed by atoms with Crippen LogP contribution in [0.15, 0.2) is 77.8 Å². The van der Waals surface area contributed by atoms with E-state index in [0.29, 0.717) is 17.9 Å². The van der Waals surface area contributed by atoms with Gasteiger partial charge < -0.3 is 15.5 Å². The molecule has 1 aliphatic rings. The first-order valence-corrected chi connectivity index (χ1v) is 13.8. The monoisotopic (exact) mass is 560 g/mol. The molecule has 9 heteroatoms. The lowest BCUT2D eigenvalue weighted by atomic mass is 9.98. The highest BCUT2D eigenvalue weighted by Crippen LogP contribution is 2.29. The van der Waals surface area contributed by atoms with Crippen molar-refractivity contribution in [1.82, 2.24) is 10.6 Å². The summed E-state index contributed by atoms with van der Waals surface area (Å²) in [5.41, 5.74) is 2.99. The SMILES string of the molecule is CCC(CC)CN1C(=O)C(NC(=O)[C@H](C)NC(=O)Cc2cc(F)cc(F)c2)N=C(c2ccccc2)c2ccccc21. The molecule has 0 spiro atoms. The van der Waals surface area contributed by atoms with E-state index in [2.05, 4.69) is 24.5 Å². The van der Waals surface area contributed by atoms with E-state index in [1.165, 1.54) is 6.92 Å². The Kier molecular flexibility index (Phi) is 9.60. The quantitative estimate of drug-likeness (QED) is 0.374. The second-order valence-corrected chi connectivity index (χ2v) is 10.1. The Balaban J connectivity index is 1.61. The summed E-state index contributed by atoms with van der Waals surface area (Å²) >= 11 is 0. The highest BCUT2D eigenvalue weighted by molar-refractivity contribution is 6.20. The normalized spacial score (nSPS) is 15.6. The molecule has 0 bridgehead atoms. The van der Waals surface area contributed by atoms with Crippen LogP contribution in [0.1, 0.15) is 50.3 Å². The van der Waals surface area contributed by atoms with Gasteiger partial charge in [-0.3, -0.25) is 14.4 Å². The average molecular weight is 561 g/mol. The molecule has 0 fully saturated rings. The molecule has 0 aromatic heterocycles. The molecule has 0 aliphatic carbocycles. The number of nitrogens with one attached hydrogen (secondary N) is 2. The van der Waals surface area contributed by atoms with Crippen LogP contribution >= 0.6 is 0 Å². The minimum absolute atomic E-state index is 0.137. The van der Waals surface area contributed by atoms with Gasteiger partial charge in [0.2, 0.25) is 18.0 Å². The molecule has 4 rings (SSSR count). The van der Waals surface area contributed by atoms with E-state index in [1.54, 1.807) is 4.90 Å². The second kappa shape index (κ2) is 13.3. The number of hydrogen-bond donors (Lipinski definition) is 2. The van der Waals surface area contributed by atoms with Crippen LogP contribution < -0.4 is 15.5 Å². The maximum Gasteiger partial charge on any atom is 0.272 e. The summed E-state index contributed by atoms with van der Waals surface area (Å²) in [6, 6.07) is 18.8. The van der Waals surface area contributed by atoms with Gasteiger partial charge in [-0.15, -0.1) is 0 Å². The zero-order chi connectivity index (χ0) is 29.5. The zero-order valence-corrected chi connectivity index (χ0v) is 23.4. The predicted octanol–water partition coefficient (Wildman–Crippen LogP) is 4.77. The Morgan fingerprint density at radius 1 is 0.951 bits per heavy atom. The van der Waals surface area contributed by atoms with Crippen molar-refractivity contribution in [2.24, 2.45) is 10.9 Å². The number of fused-ring (bicyclic) bond motifs is 1. The van der Waals surface area contributed by atoms with E-state index in [0.717, 1.165) is 42.2 Å². The molecule has 214 valence electrons. The highest BCUT2D eigenvalue weighted by atomic mass is 19.1. The van der Waals surface area contributed by atoms with Crippen LogP contribution in [0.5, 0.6) is 0 Å². The molecule has 1 aliphatic heterocycles. The van der Waals surface area contributed by atoms with Crippen molar-refractivity contribution in [3.05, 3.63) is 101 Å². The average Bonchev–Trinajstić information content (AvgIpc) is 3.06. The molecule has 3 amide bonds. The lowest BCUT2D eigenvalue weighted by molar-refractivity contribution is -0.130. The van der Waals surface area contributed by atoms with Crippen molar-refractivity contribution in [2.75, 3.05) is 11.4 Å². The number of benzene rings is 3. The Labute approximate surface area is 238 Å². The van der Waals surface area contributed by atoms with Crippen LogP contribution in [-0.4, -0.2) is 42.2 Å². The number of amides is 3. The topological polar surface area (TPSA) is 90.9 Å². The van der Waals surface area contributed by atoms with Crippen molar-refractivity contribution < 1.29 is 23.2 Å². The maximum atomic E-state index is 14.0. The van der Waals surface area contributed by atoms with Gasteiger partial charge in [0.25, 0.3) is 5.91 Å². The fourth-order valence-corrected chi connectivity index (χ4v) is 4.86. The van der Waals surface area contributed by atoms with Crippen molar-refractivity contribution in [3.63, 3.8) is 0 Å². The number of halogens is 2. The van der Waals surface area contributed by atoms with Gasteiger partial charge in [0.1, 0.15) is 17.7 Å². The number of para-hydroxylation sites is 1. The Morgan fingerprint density at radius 3 is 2.24 bits per heavy atom. The molecule has 41 heavy (non-hydrogen) atoms. The van der Waals surface area contributed by atoms with Crippen LogP contribution in [-0.2, 0) is 20.8 Å². The Bertz CT molecular complexity index is 1420. The summed E-state index contributed by atoms with van der Waals surface area (Å²) in [5, 5.41) is 5.26. The summed E-state index contributed by atoms with van der Waals surface area (Å²) in [4.78, 5) is 46.2. The van der Waals surface area contributed by atoms with Crippen LogP contribution in [0, 0.1) is 17.6 Å². The number of hydrogen-bond acceptors (Lipinski definition) is 4. The zero-order valence-electron chi connectivity index (χ0n) is 23.4. The molecule has 7 nitrogen and oxygen atoms in total. The van der Waals surface area contributed by atoms with Crippen LogP contribution in [0.2, 0.25) is 0 Å². The third-order valence-corrected chi connectivity index (χ3v) is 7.19. The minimum Gasteiger partial charge on any atom is -0.344 e. The number of carbonyl (C=O) groups excluding carboxylic acids is 3. The third-order valence-electron chi connectivity index (χ3n) is 7.19. The van der Waals surface area contributed by atoms with Gasteiger partial charge >= 0.3 is 0 Å². The number of benzodiazepines with no additional fused rings is 1. The standard InChI is InChI=1S/C32H34F2N4O3/c1-4-21(5-2)19-38-27-14-10-9-13-26(27)29(23-11-7-6-8-12-23)36-30(32(38)41)37-31(40)20(3)35-28(39)17-22-15-24(33)18-25(34)16-22/h6-16,18,20-21,30H,4-5,17,19H2,1-3H3,(H,35,39)(H,37,40)/t20-,30?/m0/s1. The largest absolute Gasteiger partial charge is 0.344 e. The highest BCUT2D eigenvalue weighted by Gasteiger charge is 2.34. The van der Waals surface area contributed by atoms with Crippen molar-refractivity contribution >= 4 is 29.1 Å². The molecule has 1 heterocycles. The number of nitrogens with zero attached hydrogens (tertiary/aromatic N) is 2. The van der Waals surface area contributed by atoms with E-state index in [9.17, 15) is 23.2 Å². The third kappa shape index (κ3) is 7.22. The van der Waals surface area contributed by atoms with Gasteiger partial charge in [-0.1, -0.05) is 75.2 Å². The number of anilines is 1. The molecule has 0 radical (unpaired) electrons. The van der Waals surface area contributed by atoms with Crippen molar-refractivity contribution in [1.29, 1.82) is 0 Å². The molecule has 3 aromatic carbocycles. The smallest absolute Gasteiger partial charge is 0.272 e. The molecule has 2 N–H and O–H groups in total. The second-order valence-electron chi connectivity index (χ2n) is 10.1. The number of carbonyl (C=O) groups is 3. The maximum absolute atomic E-state index is 14.0. The summed E-state index contributed by atoms with van der Waals surface area (Å²) in [6.45, 7) is 6.09. The Morgan fingerprint density at radius 2 is 1.59 bits per heavy atom. The van der Waals surface area contributed by atoms with E-state index in [-0.39, 0.29) is 23.8 Å². The van der Waals surface area contributed by atoms with E-state index in [1.807, 2.05) is 54.6 Å². The summed E-state index contributed by atoms with van der Waals surface area (Å²) in [5.74, 6) is -2.94.